The molecular formula is C20H23N3. The maximum Gasteiger partial charge on any atom is 0.111 e. The standard InChI is InChI=1S/C20H23N3/c1-15-7-2-3-8-16(15)13-23-12-6-9-17(14-23)20-21-18-10-4-5-11-19(18)22-20/h2-5,7-8,10-11,17H,6,9,12-14H2,1H3,(H,21,22). The molecule has 0 aliphatic carbocycles. The Hall–Kier alpha value is -2.13. The second-order valence-corrected chi connectivity index (χ2v) is 6.64. The molecule has 1 unspecified atom stereocenters. The Bertz CT molecular complexity index is 772. The summed E-state index contributed by atoms with van der Waals surface area (Å²) in [5.74, 6) is 1.67. The van der Waals surface area contributed by atoms with E-state index in [4.69, 9.17) is 4.98 Å². The van der Waals surface area contributed by atoms with Gasteiger partial charge in [0.2, 0.25) is 0 Å². The minimum Gasteiger partial charge on any atom is -0.342 e. The van der Waals surface area contributed by atoms with E-state index in [-0.39, 0.29) is 0 Å². The molecule has 118 valence electrons. The summed E-state index contributed by atoms with van der Waals surface area (Å²) >= 11 is 0. The van der Waals surface area contributed by atoms with Crippen molar-refractivity contribution in [1.82, 2.24) is 14.9 Å². The number of aromatic amines is 1. The van der Waals surface area contributed by atoms with Crippen LogP contribution in [0.1, 0.15) is 35.7 Å². The summed E-state index contributed by atoms with van der Waals surface area (Å²) in [5.41, 5.74) is 5.06. The lowest BCUT2D eigenvalue weighted by molar-refractivity contribution is 0.197. The molecule has 2 aromatic carbocycles. The third kappa shape index (κ3) is 3.02. The molecular weight excluding hydrogens is 282 g/mol. The Balaban J connectivity index is 1.51. The number of aromatic nitrogens is 2. The van der Waals surface area contributed by atoms with Crippen LogP contribution in [0.25, 0.3) is 11.0 Å². The number of imidazole rings is 1. The van der Waals surface area contributed by atoms with E-state index in [2.05, 4.69) is 65.3 Å². The smallest absolute Gasteiger partial charge is 0.111 e. The van der Waals surface area contributed by atoms with Gasteiger partial charge in [0, 0.05) is 19.0 Å². The van der Waals surface area contributed by atoms with Gasteiger partial charge in [0.25, 0.3) is 0 Å². The highest BCUT2D eigenvalue weighted by Gasteiger charge is 2.24. The van der Waals surface area contributed by atoms with E-state index in [1.807, 2.05) is 0 Å². The van der Waals surface area contributed by atoms with Crippen LogP contribution in [0.4, 0.5) is 0 Å². The van der Waals surface area contributed by atoms with Crippen LogP contribution in [-0.4, -0.2) is 28.0 Å². The summed E-state index contributed by atoms with van der Waals surface area (Å²) in [6, 6.07) is 17.0. The number of fused-ring (bicyclic) bond motifs is 1. The third-order valence-corrected chi connectivity index (χ3v) is 4.96. The number of hydrogen-bond donors (Lipinski definition) is 1. The van der Waals surface area contributed by atoms with Gasteiger partial charge in [-0.2, -0.15) is 0 Å². The molecule has 2 heterocycles. The average molecular weight is 305 g/mol. The SMILES string of the molecule is Cc1ccccc1CN1CCCC(c2nc3ccccc3[nH]2)C1. The van der Waals surface area contributed by atoms with Crippen LogP contribution in [0, 0.1) is 6.92 Å². The first-order valence-corrected chi connectivity index (χ1v) is 8.51. The fraction of sp³-hybridized carbons (Fsp3) is 0.350. The number of benzene rings is 2. The summed E-state index contributed by atoms with van der Waals surface area (Å²) in [4.78, 5) is 10.9. The third-order valence-electron chi connectivity index (χ3n) is 4.96. The fourth-order valence-corrected chi connectivity index (χ4v) is 3.62. The minimum atomic E-state index is 0.514. The van der Waals surface area contributed by atoms with Crippen molar-refractivity contribution in [2.75, 3.05) is 13.1 Å². The van der Waals surface area contributed by atoms with Crippen molar-refractivity contribution in [3.63, 3.8) is 0 Å². The van der Waals surface area contributed by atoms with Crippen molar-refractivity contribution in [3.8, 4) is 0 Å². The van der Waals surface area contributed by atoms with Crippen LogP contribution in [0.3, 0.4) is 0 Å². The summed E-state index contributed by atoms with van der Waals surface area (Å²) in [5, 5.41) is 0. The molecule has 1 fully saturated rings. The van der Waals surface area contributed by atoms with Gasteiger partial charge in [0.1, 0.15) is 5.82 Å². The molecule has 4 rings (SSSR count). The highest BCUT2D eigenvalue weighted by Crippen LogP contribution is 2.27. The number of nitrogens with zero attached hydrogens (tertiary/aromatic N) is 2. The molecule has 3 heteroatoms. The molecule has 1 aliphatic heterocycles. The van der Waals surface area contributed by atoms with Gasteiger partial charge in [-0.3, -0.25) is 4.90 Å². The Morgan fingerprint density at radius 3 is 2.83 bits per heavy atom. The highest BCUT2D eigenvalue weighted by atomic mass is 15.1. The predicted octanol–water partition coefficient (Wildman–Crippen LogP) is 4.25. The molecule has 0 spiro atoms. The molecule has 0 bridgehead atoms. The van der Waals surface area contributed by atoms with Crippen molar-refractivity contribution in [2.24, 2.45) is 0 Å². The van der Waals surface area contributed by atoms with Crippen LogP contribution in [0.5, 0.6) is 0 Å². The number of H-pyrrole nitrogens is 1. The van der Waals surface area contributed by atoms with Crippen molar-refractivity contribution in [3.05, 3.63) is 65.5 Å². The van der Waals surface area contributed by atoms with E-state index in [9.17, 15) is 0 Å². The van der Waals surface area contributed by atoms with Gasteiger partial charge < -0.3 is 4.98 Å². The zero-order valence-corrected chi connectivity index (χ0v) is 13.6. The zero-order chi connectivity index (χ0) is 15.6. The van der Waals surface area contributed by atoms with Crippen LogP contribution < -0.4 is 0 Å². The maximum atomic E-state index is 4.81. The molecule has 0 radical (unpaired) electrons. The first kappa shape index (κ1) is 14.5. The second kappa shape index (κ2) is 6.17. The van der Waals surface area contributed by atoms with Gasteiger partial charge in [-0.25, -0.2) is 4.98 Å². The highest BCUT2D eigenvalue weighted by molar-refractivity contribution is 5.74. The lowest BCUT2D eigenvalue weighted by Crippen LogP contribution is -2.34. The lowest BCUT2D eigenvalue weighted by atomic mass is 9.96. The Labute approximate surface area is 137 Å². The number of nitrogens with one attached hydrogen (secondary N) is 1. The zero-order valence-electron chi connectivity index (χ0n) is 13.6. The number of piperidine rings is 1. The Morgan fingerprint density at radius 2 is 1.96 bits per heavy atom. The number of aryl methyl sites for hydroxylation is 1. The van der Waals surface area contributed by atoms with E-state index in [1.54, 1.807) is 0 Å². The largest absolute Gasteiger partial charge is 0.342 e. The van der Waals surface area contributed by atoms with Crippen molar-refractivity contribution in [1.29, 1.82) is 0 Å². The molecule has 23 heavy (non-hydrogen) atoms. The van der Waals surface area contributed by atoms with E-state index in [1.165, 1.54) is 30.5 Å². The van der Waals surface area contributed by atoms with Crippen molar-refractivity contribution in [2.45, 2.75) is 32.2 Å². The average Bonchev–Trinajstić information content (AvgIpc) is 3.01. The van der Waals surface area contributed by atoms with E-state index in [0.717, 1.165) is 29.9 Å². The number of para-hydroxylation sites is 2. The molecule has 1 atom stereocenters. The Morgan fingerprint density at radius 1 is 1.13 bits per heavy atom. The van der Waals surface area contributed by atoms with Gasteiger partial charge in [0.15, 0.2) is 0 Å². The van der Waals surface area contributed by atoms with Crippen LogP contribution >= 0.6 is 0 Å². The summed E-state index contributed by atoms with van der Waals surface area (Å²) in [6.07, 6.45) is 2.47. The monoisotopic (exact) mass is 305 g/mol. The van der Waals surface area contributed by atoms with Crippen molar-refractivity contribution >= 4 is 11.0 Å². The van der Waals surface area contributed by atoms with Gasteiger partial charge in [-0.15, -0.1) is 0 Å². The molecule has 1 aliphatic rings. The number of hydrogen-bond acceptors (Lipinski definition) is 2. The first-order valence-electron chi connectivity index (χ1n) is 8.51. The molecule has 3 nitrogen and oxygen atoms in total. The normalized spacial score (nSPS) is 19.3. The summed E-state index contributed by atoms with van der Waals surface area (Å²) < 4.78 is 0. The fourth-order valence-electron chi connectivity index (χ4n) is 3.62. The van der Waals surface area contributed by atoms with E-state index < -0.39 is 0 Å². The Kier molecular flexibility index (Phi) is 3.88. The van der Waals surface area contributed by atoms with Crippen molar-refractivity contribution < 1.29 is 0 Å². The summed E-state index contributed by atoms with van der Waals surface area (Å²) in [6.45, 7) is 5.53. The molecule has 0 saturated carbocycles. The lowest BCUT2D eigenvalue weighted by Gasteiger charge is -2.32. The summed E-state index contributed by atoms with van der Waals surface area (Å²) in [7, 11) is 0. The molecule has 3 aromatic rings. The second-order valence-electron chi connectivity index (χ2n) is 6.64. The topological polar surface area (TPSA) is 31.9 Å². The van der Waals surface area contributed by atoms with Crippen LogP contribution in [0.15, 0.2) is 48.5 Å². The maximum absolute atomic E-state index is 4.81. The van der Waals surface area contributed by atoms with Gasteiger partial charge in [-0.1, -0.05) is 36.4 Å². The first-order chi connectivity index (χ1) is 11.3. The van der Waals surface area contributed by atoms with Gasteiger partial charge in [-0.05, 0) is 49.6 Å². The van der Waals surface area contributed by atoms with Gasteiger partial charge in [0.05, 0.1) is 11.0 Å². The molecule has 1 aromatic heterocycles. The molecule has 1 N–H and O–H groups in total. The number of likely N-dealkylation sites (tertiary alicyclic amines) is 1. The van der Waals surface area contributed by atoms with Gasteiger partial charge >= 0.3 is 0 Å². The van der Waals surface area contributed by atoms with Crippen LogP contribution in [-0.2, 0) is 6.54 Å². The quantitative estimate of drug-likeness (QED) is 0.784. The van der Waals surface area contributed by atoms with Crippen LogP contribution in [0.2, 0.25) is 0 Å². The minimum absolute atomic E-state index is 0.514. The van der Waals surface area contributed by atoms with E-state index >= 15 is 0 Å². The number of rotatable bonds is 3. The molecule has 0 amide bonds. The predicted molar refractivity (Wildman–Crippen MR) is 94.5 cm³/mol. The van der Waals surface area contributed by atoms with E-state index in [0.29, 0.717) is 5.92 Å². The molecule has 1 saturated heterocycles.